The minimum Gasteiger partial charge on any atom is -0.455 e. The van der Waals surface area contributed by atoms with Gasteiger partial charge in [-0.15, -0.1) is 11.3 Å². The van der Waals surface area contributed by atoms with Crippen LogP contribution in [0, 0.1) is 6.92 Å². The predicted octanol–water partition coefficient (Wildman–Crippen LogP) is 17.2. The third-order valence-corrected chi connectivity index (χ3v) is 13.2. The van der Waals surface area contributed by atoms with Gasteiger partial charge in [0.05, 0.1) is 5.69 Å². The lowest BCUT2D eigenvalue weighted by atomic mass is 9.96. The van der Waals surface area contributed by atoms with Gasteiger partial charge in [0.1, 0.15) is 11.2 Å². The largest absolute Gasteiger partial charge is 0.455 e. The van der Waals surface area contributed by atoms with Gasteiger partial charge in [0, 0.05) is 76.2 Å². The lowest BCUT2D eigenvalue weighted by Gasteiger charge is -2.27. The van der Waals surface area contributed by atoms with E-state index in [9.17, 15) is 0 Å². The maximum atomic E-state index is 6.78. The molecule has 12 aromatic rings. The van der Waals surface area contributed by atoms with E-state index in [2.05, 4.69) is 229 Å². The summed E-state index contributed by atoms with van der Waals surface area (Å²) < 4.78 is 9.26. The Hall–Kier alpha value is -7.66. The van der Waals surface area contributed by atoms with Gasteiger partial charge >= 0.3 is 0 Å². The third-order valence-electron chi connectivity index (χ3n) is 12.1. The molecule has 0 spiro atoms. The van der Waals surface area contributed by atoms with E-state index >= 15 is 0 Å². The van der Waals surface area contributed by atoms with Gasteiger partial charge in [-0.3, -0.25) is 0 Å². The van der Waals surface area contributed by atoms with Crippen LogP contribution in [0.25, 0.3) is 74.8 Å². The zero-order chi connectivity index (χ0) is 40.4. The first-order valence-corrected chi connectivity index (χ1v) is 21.6. The van der Waals surface area contributed by atoms with Crippen LogP contribution >= 0.6 is 11.3 Å². The normalized spacial score (nSPS) is 11.7. The van der Waals surface area contributed by atoms with Crippen molar-refractivity contribution < 1.29 is 4.42 Å². The quantitative estimate of drug-likeness (QED) is 0.160. The summed E-state index contributed by atoms with van der Waals surface area (Å²) in [5.41, 5.74) is 12.1. The van der Waals surface area contributed by atoms with E-state index in [1.807, 2.05) is 11.3 Å². The van der Waals surface area contributed by atoms with E-state index in [0.717, 1.165) is 61.4 Å². The average molecular weight is 799 g/mol. The number of aryl methyl sites for hydroxylation is 1. The summed E-state index contributed by atoms with van der Waals surface area (Å²) in [4.78, 5) is 4.76. The van der Waals surface area contributed by atoms with Crippen molar-refractivity contribution in [2.24, 2.45) is 0 Å². The van der Waals surface area contributed by atoms with Crippen molar-refractivity contribution in [1.29, 1.82) is 0 Å². The molecule has 12 rings (SSSR count). The minimum absolute atomic E-state index is 0.867. The van der Waals surface area contributed by atoms with Gasteiger partial charge < -0.3 is 14.2 Å². The van der Waals surface area contributed by atoms with E-state index in [-0.39, 0.29) is 0 Å². The van der Waals surface area contributed by atoms with Crippen molar-refractivity contribution >= 4 is 109 Å². The van der Waals surface area contributed by atoms with Crippen LogP contribution in [-0.4, -0.2) is 0 Å². The van der Waals surface area contributed by atoms with Gasteiger partial charge in [-0.2, -0.15) is 0 Å². The third kappa shape index (κ3) is 5.95. The molecule has 0 atom stereocenters. The molecule has 0 amide bonds. The second-order valence-electron chi connectivity index (χ2n) is 15.8. The summed E-state index contributed by atoms with van der Waals surface area (Å²) in [7, 11) is 0. The maximum Gasteiger partial charge on any atom is 0.143 e. The second kappa shape index (κ2) is 14.3. The number of para-hydroxylation sites is 1. The van der Waals surface area contributed by atoms with Crippen molar-refractivity contribution in [3.05, 3.63) is 218 Å². The molecular formula is C57H38N2OS. The van der Waals surface area contributed by atoms with Gasteiger partial charge in [-0.1, -0.05) is 133 Å². The van der Waals surface area contributed by atoms with Crippen molar-refractivity contribution in [2.75, 3.05) is 9.80 Å². The lowest BCUT2D eigenvalue weighted by Crippen LogP contribution is -2.10. The summed E-state index contributed by atoms with van der Waals surface area (Å²) >= 11 is 1.85. The van der Waals surface area contributed by atoms with Gasteiger partial charge in [0.2, 0.25) is 0 Å². The molecule has 0 unspecified atom stereocenters. The monoisotopic (exact) mass is 798 g/mol. The minimum atomic E-state index is 0.867. The Morgan fingerprint density at radius 2 is 0.967 bits per heavy atom. The number of nitrogens with zero attached hydrogens (tertiary/aromatic N) is 2. The molecule has 0 radical (unpaired) electrons. The Balaban J connectivity index is 1.04. The van der Waals surface area contributed by atoms with Crippen molar-refractivity contribution in [3.8, 4) is 11.1 Å². The fraction of sp³-hybridized carbons (Fsp3) is 0.0175. The van der Waals surface area contributed by atoms with Gasteiger partial charge in [-0.25, -0.2) is 0 Å². The zero-order valence-corrected chi connectivity index (χ0v) is 34.2. The molecule has 0 saturated heterocycles. The van der Waals surface area contributed by atoms with E-state index in [1.54, 1.807) is 0 Å². The summed E-state index contributed by atoms with van der Waals surface area (Å²) in [6.45, 7) is 2.15. The molecule has 0 saturated carbocycles. The van der Waals surface area contributed by atoms with Gasteiger partial charge in [0.25, 0.3) is 0 Å². The van der Waals surface area contributed by atoms with E-state index < -0.39 is 0 Å². The number of anilines is 6. The summed E-state index contributed by atoms with van der Waals surface area (Å²) in [5.74, 6) is 0. The highest BCUT2D eigenvalue weighted by Gasteiger charge is 2.21. The fourth-order valence-electron chi connectivity index (χ4n) is 9.23. The molecule has 2 aromatic heterocycles. The second-order valence-corrected chi connectivity index (χ2v) is 16.9. The number of benzene rings is 10. The number of hydrogen-bond donors (Lipinski definition) is 0. The smallest absolute Gasteiger partial charge is 0.143 e. The molecular weight excluding hydrogens is 761 g/mol. The molecule has 3 nitrogen and oxygen atoms in total. The maximum absolute atomic E-state index is 6.78. The first-order chi connectivity index (χ1) is 30.1. The summed E-state index contributed by atoms with van der Waals surface area (Å²) in [6.07, 6.45) is 0. The molecule has 2 heterocycles. The Kier molecular flexibility index (Phi) is 8.25. The van der Waals surface area contributed by atoms with Gasteiger partial charge in [0.15, 0.2) is 0 Å². The van der Waals surface area contributed by atoms with Crippen LogP contribution in [0.5, 0.6) is 0 Å². The fourth-order valence-corrected chi connectivity index (χ4v) is 10.4. The first kappa shape index (κ1) is 35.3. The highest BCUT2D eigenvalue weighted by Crippen LogP contribution is 2.47. The van der Waals surface area contributed by atoms with E-state index in [4.69, 9.17) is 4.42 Å². The Labute approximate surface area is 357 Å². The standard InChI is InChI=1S/C57H38N2OS/c1-37-13-12-19-41(33-37)58(40-17-6-3-7-18-40)43-25-29-50-51-30-26-44(36-56(51)61-55(50)35-43)59(53-32-31-45(38-14-4-2-5-15-38)47-21-10-11-22-48(47)53)42-24-28-49-52-27-23-39-16-8-9-20-46(39)57(52)60-54(49)34-42/h2-36H,1H3. The SMILES string of the molecule is Cc1cccc(N(c2ccccc2)c2ccc3c(c2)sc2cc(N(c4ccc5c(c4)oc4c6ccccc6ccc54)c4ccc(-c5ccccc5)c5ccccc45)ccc23)c1. The van der Waals surface area contributed by atoms with Crippen LogP contribution in [0.1, 0.15) is 5.56 Å². The van der Waals surface area contributed by atoms with E-state index in [0.29, 0.717) is 0 Å². The number of hydrogen-bond acceptors (Lipinski definition) is 4. The highest BCUT2D eigenvalue weighted by atomic mass is 32.1. The van der Waals surface area contributed by atoms with E-state index in [1.165, 1.54) is 53.0 Å². The van der Waals surface area contributed by atoms with Crippen LogP contribution < -0.4 is 9.80 Å². The number of rotatable bonds is 7. The molecule has 0 aliphatic carbocycles. The summed E-state index contributed by atoms with van der Waals surface area (Å²) in [5, 5.41) is 9.43. The highest BCUT2D eigenvalue weighted by molar-refractivity contribution is 7.25. The predicted molar refractivity (Wildman–Crippen MR) is 261 cm³/mol. The Morgan fingerprint density at radius 1 is 0.377 bits per heavy atom. The Morgan fingerprint density at radius 3 is 1.72 bits per heavy atom. The van der Waals surface area contributed by atoms with Crippen molar-refractivity contribution in [1.82, 2.24) is 0 Å². The van der Waals surface area contributed by atoms with Crippen LogP contribution in [0.2, 0.25) is 0 Å². The number of fused-ring (bicyclic) bond motifs is 9. The van der Waals surface area contributed by atoms with Crippen molar-refractivity contribution in [3.63, 3.8) is 0 Å². The molecule has 4 heteroatoms. The number of furan rings is 1. The molecule has 0 aliphatic heterocycles. The molecule has 10 aromatic carbocycles. The topological polar surface area (TPSA) is 19.6 Å². The van der Waals surface area contributed by atoms with Crippen LogP contribution in [0.15, 0.2) is 217 Å². The summed E-state index contributed by atoms with van der Waals surface area (Å²) in [6, 6.07) is 76.8. The molecule has 0 N–H and O–H groups in total. The molecule has 0 fully saturated rings. The molecule has 61 heavy (non-hydrogen) atoms. The molecule has 0 aliphatic rings. The number of thiophene rings is 1. The average Bonchev–Trinajstić information content (AvgIpc) is 3.87. The Bertz CT molecular complexity index is 3620. The van der Waals surface area contributed by atoms with Crippen LogP contribution in [0.3, 0.4) is 0 Å². The van der Waals surface area contributed by atoms with Crippen molar-refractivity contribution in [2.45, 2.75) is 6.92 Å². The van der Waals surface area contributed by atoms with Crippen LogP contribution in [0.4, 0.5) is 34.1 Å². The van der Waals surface area contributed by atoms with Crippen LogP contribution in [-0.2, 0) is 0 Å². The molecule has 0 bridgehead atoms. The zero-order valence-electron chi connectivity index (χ0n) is 33.4. The lowest BCUT2D eigenvalue weighted by molar-refractivity contribution is 0.672. The first-order valence-electron chi connectivity index (χ1n) is 20.7. The molecule has 288 valence electrons. The van der Waals surface area contributed by atoms with Gasteiger partial charge in [-0.05, 0) is 107 Å².